The molecule has 1 amide bonds. The average molecular weight is 231 g/mol. The zero-order valence-corrected chi connectivity index (χ0v) is 9.20. The van der Waals surface area contributed by atoms with E-state index in [1.165, 1.54) is 11.3 Å². The summed E-state index contributed by atoms with van der Waals surface area (Å²) < 4.78 is 0. The lowest BCUT2D eigenvalue weighted by atomic mass is 10.4. The second kappa shape index (κ2) is 5.78. The van der Waals surface area contributed by atoms with E-state index >= 15 is 0 Å². The molecule has 0 saturated carbocycles. The molecular formula is C9H11ClN2OS. The first kappa shape index (κ1) is 11.2. The minimum Gasteiger partial charge on any atom is -0.352 e. The van der Waals surface area contributed by atoms with Crippen LogP contribution in [0.5, 0.6) is 0 Å². The van der Waals surface area contributed by atoms with Gasteiger partial charge in [0.15, 0.2) is 0 Å². The van der Waals surface area contributed by atoms with Crippen LogP contribution in [-0.4, -0.2) is 17.4 Å². The lowest BCUT2D eigenvalue weighted by molar-refractivity contribution is -0.120. The van der Waals surface area contributed by atoms with Gasteiger partial charge in [-0.15, -0.1) is 29.5 Å². The molecule has 0 atom stereocenters. The first-order valence-corrected chi connectivity index (χ1v) is 5.54. The minimum absolute atomic E-state index is 0.0413. The molecule has 0 fully saturated rings. The van der Waals surface area contributed by atoms with Gasteiger partial charge >= 0.3 is 0 Å². The van der Waals surface area contributed by atoms with Gasteiger partial charge in [0.25, 0.3) is 0 Å². The molecule has 3 nitrogen and oxygen atoms in total. The van der Waals surface area contributed by atoms with Crippen molar-refractivity contribution in [2.45, 2.75) is 12.3 Å². The number of carbonyl (C=O) groups excluding carboxylic acids is 1. The van der Waals surface area contributed by atoms with Crippen LogP contribution < -0.4 is 5.32 Å². The van der Waals surface area contributed by atoms with Gasteiger partial charge < -0.3 is 5.32 Å². The van der Waals surface area contributed by atoms with Crippen LogP contribution in [0.3, 0.4) is 0 Å². The van der Waals surface area contributed by atoms with E-state index in [0.29, 0.717) is 18.8 Å². The molecule has 5 heteroatoms. The second-order valence-electron chi connectivity index (χ2n) is 2.64. The summed E-state index contributed by atoms with van der Waals surface area (Å²) in [5, 5.41) is 5.34. The molecule has 1 N–H and O–H groups in total. The summed E-state index contributed by atoms with van der Waals surface area (Å²) in [4.78, 5) is 15.4. The Morgan fingerprint density at radius 2 is 2.57 bits per heavy atom. The molecule has 0 unspecified atom stereocenters. The zero-order valence-electron chi connectivity index (χ0n) is 7.62. The van der Waals surface area contributed by atoms with E-state index in [2.05, 4.69) is 16.9 Å². The molecule has 0 bridgehead atoms. The fraction of sp³-hybridized carbons (Fsp3) is 0.333. The highest BCUT2D eigenvalue weighted by Crippen LogP contribution is 2.11. The predicted molar refractivity (Wildman–Crippen MR) is 58.6 cm³/mol. The van der Waals surface area contributed by atoms with Crippen molar-refractivity contribution in [1.29, 1.82) is 0 Å². The molecule has 0 saturated heterocycles. The maximum atomic E-state index is 11.2. The van der Waals surface area contributed by atoms with E-state index in [0.717, 1.165) is 10.7 Å². The normalized spacial score (nSPS) is 9.79. The summed E-state index contributed by atoms with van der Waals surface area (Å²) in [6.45, 7) is 4.00. The number of nitrogens with one attached hydrogen (secondary N) is 1. The largest absolute Gasteiger partial charge is 0.352 e. The maximum Gasteiger partial charge on any atom is 0.227 e. The average Bonchev–Trinajstić information content (AvgIpc) is 2.62. The first-order chi connectivity index (χ1) is 6.76. The predicted octanol–water partition coefficient (Wildman–Crippen LogP) is 1.73. The number of halogens is 1. The Balaban J connectivity index is 2.43. The number of hydrogen-bond acceptors (Lipinski definition) is 3. The molecule has 0 aliphatic rings. The number of amides is 1. The van der Waals surface area contributed by atoms with Crippen molar-refractivity contribution in [3.05, 3.63) is 28.7 Å². The summed E-state index contributed by atoms with van der Waals surface area (Å²) >= 11 is 7.04. The van der Waals surface area contributed by atoms with E-state index in [-0.39, 0.29) is 5.91 Å². The van der Waals surface area contributed by atoms with Gasteiger partial charge in [-0.25, -0.2) is 4.98 Å². The fourth-order valence-corrected chi connectivity index (χ4v) is 1.90. The summed E-state index contributed by atoms with van der Waals surface area (Å²) in [6.07, 6.45) is 1.96. The monoisotopic (exact) mass is 230 g/mol. The molecule has 1 rings (SSSR count). The van der Waals surface area contributed by atoms with Gasteiger partial charge in [0.2, 0.25) is 5.91 Å². The van der Waals surface area contributed by atoms with Crippen LogP contribution in [0.4, 0.5) is 0 Å². The quantitative estimate of drug-likeness (QED) is 0.618. The minimum atomic E-state index is -0.0413. The summed E-state index contributed by atoms with van der Waals surface area (Å²) in [5.74, 6) is 0.352. The first-order valence-electron chi connectivity index (χ1n) is 4.13. The van der Waals surface area contributed by atoms with Crippen molar-refractivity contribution in [2.75, 3.05) is 6.54 Å². The van der Waals surface area contributed by atoms with Crippen molar-refractivity contribution in [3.63, 3.8) is 0 Å². The highest BCUT2D eigenvalue weighted by Gasteiger charge is 2.06. The van der Waals surface area contributed by atoms with Gasteiger partial charge in [-0.1, -0.05) is 6.08 Å². The summed E-state index contributed by atoms with van der Waals surface area (Å²) in [7, 11) is 0. The molecule has 1 aromatic heterocycles. The number of thiazole rings is 1. The zero-order chi connectivity index (χ0) is 10.4. The lowest BCUT2D eigenvalue weighted by Crippen LogP contribution is -2.24. The topological polar surface area (TPSA) is 42.0 Å². The molecule has 14 heavy (non-hydrogen) atoms. The van der Waals surface area contributed by atoms with Crippen LogP contribution >= 0.6 is 22.9 Å². The third-order valence-corrected chi connectivity index (χ3v) is 2.66. The van der Waals surface area contributed by atoms with Crippen LogP contribution in [0, 0.1) is 0 Å². The highest BCUT2D eigenvalue weighted by atomic mass is 35.5. The standard InChI is InChI=1S/C9H11ClN2OS/c1-2-3-11-8(13)4-9-12-7(5-10)6-14-9/h2,6H,1,3-5H2,(H,11,13). The molecule has 0 spiro atoms. The number of alkyl halides is 1. The van der Waals surface area contributed by atoms with E-state index < -0.39 is 0 Å². The number of rotatable bonds is 5. The van der Waals surface area contributed by atoms with Gasteiger partial charge in [0.05, 0.1) is 18.0 Å². The Kier molecular flexibility index (Phi) is 4.62. The van der Waals surface area contributed by atoms with Gasteiger partial charge in [0, 0.05) is 11.9 Å². The molecule has 0 aromatic carbocycles. The highest BCUT2D eigenvalue weighted by molar-refractivity contribution is 7.09. The SMILES string of the molecule is C=CCNC(=O)Cc1nc(CCl)cs1. The molecule has 1 heterocycles. The molecule has 0 aliphatic heterocycles. The molecule has 1 aromatic rings. The third-order valence-electron chi connectivity index (χ3n) is 1.49. The van der Waals surface area contributed by atoms with Gasteiger partial charge in [-0.05, 0) is 0 Å². The van der Waals surface area contributed by atoms with Crippen molar-refractivity contribution >= 4 is 28.8 Å². The smallest absolute Gasteiger partial charge is 0.227 e. The van der Waals surface area contributed by atoms with Crippen molar-refractivity contribution < 1.29 is 4.79 Å². The van der Waals surface area contributed by atoms with Crippen LogP contribution in [0.2, 0.25) is 0 Å². The molecule has 0 radical (unpaired) electrons. The van der Waals surface area contributed by atoms with Crippen molar-refractivity contribution in [1.82, 2.24) is 10.3 Å². The van der Waals surface area contributed by atoms with Crippen LogP contribution in [0.25, 0.3) is 0 Å². The van der Waals surface area contributed by atoms with E-state index in [1.54, 1.807) is 6.08 Å². The van der Waals surface area contributed by atoms with E-state index in [4.69, 9.17) is 11.6 Å². The molecule has 0 aliphatic carbocycles. The van der Waals surface area contributed by atoms with Crippen LogP contribution in [0.1, 0.15) is 10.7 Å². The van der Waals surface area contributed by atoms with Gasteiger partial charge in [0.1, 0.15) is 5.01 Å². The Hall–Kier alpha value is -0.870. The van der Waals surface area contributed by atoms with Crippen molar-refractivity contribution in [2.24, 2.45) is 0 Å². The van der Waals surface area contributed by atoms with Gasteiger partial charge in [-0.2, -0.15) is 0 Å². The van der Waals surface area contributed by atoms with Crippen LogP contribution in [-0.2, 0) is 17.1 Å². The Morgan fingerprint density at radius 3 is 3.14 bits per heavy atom. The van der Waals surface area contributed by atoms with Gasteiger partial charge in [-0.3, -0.25) is 4.79 Å². The van der Waals surface area contributed by atoms with E-state index in [1.807, 2.05) is 5.38 Å². The molecule has 76 valence electrons. The molecular weight excluding hydrogens is 220 g/mol. The summed E-state index contributed by atoms with van der Waals surface area (Å²) in [6, 6.07) is 0. The Bertz CT molecular complexity index is 324. The number of carbonyl (C=O) groups is 1. The third kappa shape index (κ3) is 3.47. The Labute approximate surface area is 91.8 Å². The fourth-order valence-electron chi connectivity index (χ4n) is 0.877. The number of nitrogens with zero attached hydrogens (tertiary/aromatic N) is 1. The van der Waals surface area contributed by atoms with Crippen LogP contribution in [0.15, 0.2) is 18.0 Å². The van der Waals surface area contributed by atoms with E-state index in [9.17, 15) is 4.79 Å². The number of hydrogen-bond donors (Lipinski definition) is 1. The Morgan fingerprint density at radius 1 is 1.79 bits per heavy atom. The maximum absolute atomic E-state index is 11.2. The lowest BCUT2D eigenvalue weighted by Gasteiger charge is -1.98. The van der Waals surface area contributed by atoms with Crippen molar-refractivity contribution in [3.8, 4) is 0 Å². The second-order valence-corrected chi connectivity index (χ2v) is 3.85. The summed E-state index contributed by atoms with van der Waals surface area (Å²) in [5.41, 5.74) is 0.822. The number of aromatic nitrogens is 1.